The third-order valence-corrected chi connectivity index (χ3v) is 3.55. The molecule has 1 atom stereocenters. The quantitative estimate of drug-likeness (QED) is 0.495. The lowest BCUT2D eigenvalue weighted by Gasteiger charge is -2.11. The van der Waals surface area contributed by atoms with Gasteiger partial charge >= 0.3 is 0 Å². The molecule has 19 heavy (non-hydrogen) atoms. The first-order valence-electron chi connectivity index (χ1n) is 5.52. The first-order chi connectivity index (χ1) is 8.95. The minimum absolute atomic E-state index is 0.0206. The minimum Gasteiger partial charge on any atom is -0.352 e. The molecule has 0 saturated carbocycles. The van der Waals surface area contributed by atoms with Gasteiger partial charge in [0.25, 0.3) is 11.6 Å². The van der Waals surface area contributed by atoms with Gasteiger partial charge in [-0.3, -0.25) is 14.9 Å². The van der Waals surface area contributed by atoms with Gasteiger partial charge in [0.2, 0.25) is 0 Å². The number of rotatable bonds is 6. The molecule has 8 heteroatoms. The van der Waals surface area contributed by atoms with E-state index in [0.29, 0.717) is 12.5 Å². The molecule has 6 nitrogen and oxygen atoms in total. The lowest BCUT2D eigenvalue weighted by atomic mass is 10.2. The third-order valence-electron chi connectivity index (χ3n) is 2.34. The molecule has 1 aromatic heterocycles. The summed E-state index contributed by atoms with van der Waals surface area (Å²) in [4.78, 5) is 25.5. The molecule has 0 saturated heterocycles. The van der Waals surface area contributed by atoms with Crippen LogP contribution in [-0.4, -0.2) is 34.4 Å². The van der Waals surface area contributed by atoms with E-state index in [4.69, 9.17) is 11.6 Å². The number of thioether (sulfide) groups is 1. The molecule has 0 aromatic carbocycles. The van der Waals surface area contributed by atoms with Crippen LogP contribution in [0.5, 0.6) is 0 Å². The third kappa shape index (κ3) is 4.68. The summed E-state index contributed by atoms with van der Waals surface area (Å²) in [6, 6.07) is 1.13. The number of carbonyl (C=O) groups is 1. The number of halogens is 1. The molecule has 1 heterocycles. The fourth-order valence-electron chi connectivity index (χ4n) is 1.40. The zero-order valence-corrected chi connectivity index (χ0v) is 12.1. The molecule has 0 bridgehead atoms. The number of nitrogens with one attached hydrogen (secondary N) is 1. The highest BCUT2D eigenvalue weighted by atomic mass is 35.5. The van der Waals surface area contributed by atoms with E-state index in [-0.39, 0.29) is 16.4 Å². The summed E-state index contributed by atoms with van der Waals surface area (Å²) in [5.74, 6) is 0.778. The van der Waals surface area contributed by atoms with Crippen molar-refractivity contribution in [1.29, 1.82) is 0 Å². The molecule has 1 amide bonds. The van der Waals surface area contributed by atoms with Crippen molar-refractivity contribution >= 4 is 35.0 Å². The fourth-order valence-corrected chi connectivity index (χ4v) is 2.28. The molecule has 0 aliphatic rings. The highest BCUT2D eigenvalue weighted by Crippen LogP contribution is 2.19. The van der Waals surface area contributed by atoms with Crippen LogP contribution in [0, 0.1) is 16.0 Å². The summed E-state index contributed by atoms with van der Waals surface area (Å²) >= 11 is 7.46. The Bertz CT molecular complexity index is 484. The number of hydrogen-bond donors (Lipinski definition) is 1. The molecule has 1 unspecified atom stereocenters. The standard InChI is InChI=1S/C11H14ClN3O3S/c1-7(6-19-2)4-14-11(16)9-3-8(15(17)18)5-13-10(9)12/h3,5,7H,4,6H2,1-2H3,(H,14,16). The lowest BCUT2D eigenvalue weighted by molar-refractivity contribution is -0.385. The Labute approximate surface area is 120 Å². The summed E-state index contributed by atoms with van der Waals surface area (Å²) in [5, 5.41) is 13.3. The van der Waals surface area contributed by atoms with Crippen molar-refractivity contribution in [3.8, 4) is 0 Å². The summed E-state index contributed by atoms with van der Waals surface area (Å²) in [7, 11) is 0. The summed E-state index contributed by atoms with van der Waals surface area (Å²) in [6.07, 6.45) is 3.01. The lowest BCUT2D eigenvalue weighted by Crippen LogP contribution is -2.29. The number of nitrogens with zero attached hydrogens (tertiary/aromatic N) is 2. The topological polar surface area (TPSA) is 85.1 Å². The van der Waals surface area contributed by atoms with Gasteiger partial charge in [0.1, 0.15) is 11.3 Å². The molecule has 0 spiro atoms. The zero-order valence-electron chi connectivity index (χ0n) is 10.6. The summed E-state index contributed by atoms with van der Waals surface area (Å²) < 4.78 is 0. The molecule has 0 aliphatic carbocycles. The van der Waals surface area contributed by atoms with Gasteiger partial charge in [-0.2, -0.15) is 11.8 Å². The fraction of sp³-hybridized carbons (Fsp3) is 0.455. The van der Waals surface area contributed by atoms with Gasteiger partial charge in [-0.15, -0.1) is 0 Å². The normalized spacial score (nSPS) is 11.9. The Morgan fingerprint density at radius 3 is 2.95 bits per heavy atom. The molecule has 0 aliphatic heterocycles. The molecule has 1 aromatic rings. The van der Waals surface area contributed by atoms with Crippen molar-refractivity contribution in [1.82, 2.24) is 10.3 Å². The summed E-state index contributed by atoms with van der Waals surface area (Å²) in [6.45, 7) is 2.49. The molecule has 0 radical (unpaired) electrons. The van der Waals surface area contributed by atoms with E-state index in [1.54, 1.807) is 11.8 Å². The largest absolute Gasteiger partial charge is 0.352 e. The monoisotopic (exact) mass is 303 g/mol. The van der Waals surface area contributed by atoms with E-state index in [9.17, 15) is 14.9 Å². The minimum atomic E-state index is -0.615. The number of nitro groups is 1. The van der Waals surface area contributed by atoms with E-state index >= 15 is 0 Å². The number of pyridine rings is 1. The van der Waals surface area contributed by atoms with Crippen LogP contribution in [-0.2, 0) is 0 Å². The second-order valence-corrected chi connectivity index (χ2v) is 5.33. The van der Waals surface area contributed by atoms with Gasteiger partial charge in [0.15, 0.2) is 0 Å². The predicted octanol–water partition coefficient (Wildman–Crippen LogP) is 2.37. The SMILES string of the molecule is CSCC(C)CNC(=O)c1cc([N+](=O)[O-])cnc1Cl. The van der Waals surface area contributed by atoms with Gasteiger partial charge in [0, 0.05) is 12.6 Å². The van der Waals surface area contributed by atoms with Crippen molar-refractivity contribution in [2.75, 3.05) is 18.6 Å². The van der Waals surface area contributed by atoms with Crippen LogP contribution in [0.3, 0.4) is 0 Å². The van der Waals surface area contributed by atoms with Crippen molar-refractivity contribution in [3.63, 3.8) is 0 Å². The van der Waals surface area contributed by atoms with Gasteiger partial charge in [-0.1, -0.05) is 18.5 Å². The van der Waals surface area contributed by atoms with Crippen molar-refractivity contribution in [2.24, 2.45) is 5.92 Å². The maximum atomic E-state index is 11.9. The smallest absolute Gasteiger partial charge is 0.288 e. The van der Waals surface area contributed by atoms with E-state index in [1.807, 2.05) is 13.2 Å². The van der Waals surface area contributed by atoms with Crippen LogP contribution in [0.1, 0.15) is 17.3 Å². The molecule has 0 fully saturated rings. The molecule has 104 valence electrons. The Morgan fingerprint density at radius 1 is 1.68 bits per heavy atom. The zero-order chi connectivity index (χ0) is 14.4. The molecule has 1 rings (SSSR count). The summed E-state index contributed by atoms with van der Waals surface area (Å²) in [5.41, 5.74) is -0.237. The van der Waals surface area contributed by atoms with Gasteiger partial charge in [-0.25, -0.2) is 4.98 Å². The Balaban J connectivity index is 2.76. The molecular weight excluding hydrogens is 290 g/mol. The van der Waals surface area contributed by atoms with Gasteiger partial charge < -0.3 is 5.32 Å². The van der Waals surface area contributed by atoms with E-state index in [0.717, 1.165) is 18.0 Å². The van der Waals surface area contributed by atoms with E-state index < -0.39 is 10.8 Å². The van der Waals surface area contributed by atoms with Crippen LogP contribution in [0.2, 0.25) is 5.15 Å². The second-order valence-electron chi connectivity index (χ2n) is 4.06. The second kappa shape index (κ2) is 7.30. The van der Waals surface area contributed by atoms with Crippen LogP contribution >= 0.6 is 23.4 Å². The van der Waals surface area contributed by atoms with Crippen LogP contribution in [0.25, 0.3) is 0 Å². The Hall–Kier alpha value is -1.34. The molecule has 1 N–H and O–H groups in total. The van der Waals surface area contributed by atoms with Gasteiger partial charge in [0.05, 0.1) is 10.5 Å². The van der Waals surface area contributed by atoms with Crippen molar-refractivity contribution < 1.29 is 9.72 Å². The first kappa shape index (κ1) is 15.7. The number of amides is 1. The average Bonchev–Trinajstić information content (AvgIpc) is 2.36. The maximum absolute atomic E-state index is 11.9. The maximum Gasteiger partial charge on any atom is 0.288 e. The Morgan fingerprint density at radius 2 is 2.37 bits per heavy atom. The number of carbonyl (C=O) groups excluding carboxylic acids is 1. The predicted molar refractivity (Wildman–Crippen MR) is 75.8 cm³/mol. The highest BCUT2D eigenvalue weighted by molar-refractivity contribution is 7.98. The molecular formula is C11H14ClN3O3S. The van der Waals surface area contributed by atoms with E-state index in [1.165, 1.54) is 0 Å². The average molecular weight is 304 g/mol. The highest BCUT2D eigenvalue weighted by Gasteiger charge is 2.17. The number of hydrogen-bond acceptors (Lipinski definition) is 5. The van der Waals surface area contributed by atoms with Crippen LogP contribution < -0.4 is 5.32 Å². The Kier molecular flexibility index (Phi) is 6.04. The van der Waals surface area contributed by atoms with Crippen LogP contribution in [0.4, 0.5) is 5.69 Å². The van der Waals surface area contributed by atoms with E-state index in [2.05, 4.69) is 10.3 Å². The number of aromatic nitrogens is 1. The van der Waals surface area contributed by atoms with Crippen molar-refractivity contribution in [3.05, 3.63) is 33.1 Å². The van der Waals surface area contributed by atoms with Crippen LogP contribution in [0.15, 0.2) is 12.3 Å². The van der Waals surface area contributed by atoms with Gasteiger partial charge in [-0.05, 0) is 17.9 Å². The van der Waals surface area contributed by atoms with Crippen molar-refractivity contribution in [2.45, 2.75) is 6.92 Å². The first-order valence-corrected chi connectivity index (χ1v) is 7.30.